The Morgan fingerprint density at radius 3 is 2.68 bits per heavy atom. The maximum absolute atomic E-state index is 5.97. The number of hydrogen-bond donors (Lipinski definition) is 0. The van der Waals surface area contributed by atoms with Crippen molar-refractivity contribution in [1.82, 2.24) is 0 Å². The summed E-state index contributed by atoms with van der Waals surface area (Å²) in [5.41, 5.74) is 1.07. The molecule has 1 unspecified atom stereocenters. The third-order valence-electron chi connectivity index (χ3n) is 3.35. The standard InChI is InChI=1S/C14H22O4Si/c1-5-8-14(2)17-10-11-9-12(19(15-3)16-4)6-7-13(11)18-14/h6-7,9,19H,5,8,10H2,1-4H3. The molecule has 0 saturated carbocycles. The minimum Gasteiger partial charge on any atom is -0.462 e. The third kappa shape index (κ3) is 3.17. The SMILES string of the molecule is CCCC1(C)OCc2cc([SiH](OC)OC)ccc2O1. The molecule has 5 heteroatoms. The van der Waals surface area contributed by atoms with Gasteiger partial charge in [-0.3, -0.25) is 0 Å². The maximum Gasteiger partial charge on any atom is 0.355 e. The molecule has 0 radical (unpaired) electrons. The molecule has 0 saturated heterocycles. The number of ether oxygens (including phenoxy) is 2. The zero-order valence-corrected chi connectivity index (χ0v) is 13.2. The van der Waals surface area contributed by atoms with Crippen LogP contribution in [0.15, 0.2) is 18.2 Å². The average Bonchev–Trinajstić information content (AvgIpc) is 2.40. The summed E-state index contributed by atoms with van der Waals surface area (Å²) in [4.78, 5) is 0. The van der Waals surface area contributed by atoms with Gasteiger partial charge in [0.15, 0.2) is 0 Å². The van der Waals surface area contributed by atoms with Crippen molar-refractivity contribution >= 4 is 14.5 Å². The van der Waals surface area contributed by atoms with Gasteiger partial charge >= 0.3 is 9.28 Å². The molecular formula is C14H22O4Si. The summed E-state index contributed by atoms with van der Waals surface area (Å²) < 4.78 is 22.6. The predicted molar refractivity (Wildman–Crippen MR) is 76.0 cm³/mol. The summed E-state index contributed by atoms with van der Waals surface area (Å²) in [5.74, 6) is 0.411. The van der Waals surface area contributed by atoms with Gasteiger partial charge in [0, 0.05) is 33.1 Å². The van der Waals surface area contributed by atoms with Gasteiger partial charge < -0.3 is 18.3 Å². The Bertz CT molecular complexity index is 433. The molecule has 0 spiro atoms. The number of rotatable bonds is 5. The van der Waals surface area contributed by atoms with E-state index in [1.165, 1.54) is 0 Å². The molecule has 0 N–H and O–H groups in total. The molecule has 0 bridgehead atoms. The van der Waals surface area contributed by atoms with Crippen molar-refractivity contribution in [1.29, 1.82) is 0 Å². The smallest absolute Gasteiger partial charge is 0.355 e. The quantitative estimate of drug-likeness (QED) is 0.772. The van der Waals surface area contributed by atoms with Crippen molar-refractivity contribution in [3.63, 3.8) is 0 Å². The molecule has 1 atom stereocenters. The highest BCUT2D eigenvalue weighted by Gasteiger charge is 2.32. The van der Waals surface area contributed by atoms with Crippen LogP contribution in [0.25, 0.3) is 0 Å². The van der Waals surface area contributed by atoms with E-state index in [2.05, 4.69) is 13.0 Å². The van der Waals surface area contributed by atoms with Crippen LogP contribution in [-0.4, -0.2) is 29.3 Å². The van der Waals surface area contributed by atoms with Gasteiger partial charge in [-0.25, -0.2) is 0 Å². The Morgan fingerprint density at radius 1 is 1.32 bits per heavy atom. The summed E-state index contributed by atoms with van der Waals surface area (Å²) >= 11 is 0. The highest BCUT2D eigenvalue weighted by molar-refractivity contribution is 6.61. The third-order valence-corrected chi connectivity index (χ3v) is 5.11. The van der Waals surface area contributed by atoms with Crippen molar-refractivity contribution in [2.24, 2.45) is 0 Å². The fourth-order valence-corrected chi connectivity index (χ4v) is 3.72. The van der Waals surface area contributed by atoms with Crippen LogP contribution in [0, 0.1) is 0 Å². The molecule has 106 valence electrons. The first-order valence-corrected chi connectivity index (χ1v) is 8.15. The van der Waals surface area contributed by atoms with Crippen molar-refractivity contribution in [2.45, 2.75) is 39.1 Å². The van der Waals surface area contributed by atoms with Gasteiger partial charge in [0.25, 0.3) is 0 Å². The van der Waals surface area contributed by atoms with Crippen molar-refractivity contribution < 1.29 is 18.3 Å². The van der Waals surface area contributed by atoms with Crippen LogP contribution in [-0.2, 0) is 20.2 Å². The normalized spacial score (nSPS) is 22.2. The van der Waals surface area contributed by atoms with Gasteiger partial charge in [0.05, 0.1) is 6.61 Å². The Balaban J connectivity index is 2.20. The number of fused-ring (bicyclic) bond motifs is 1. The number of benzene rings is 1. The van der Waals surface area contributed by atoms with Gasteiger partial charge in [0.1, 0.15) is 5.75 Å². The summed E-state index contributed by atoms with van der Waals surface area (Å²) in [6.07, 6.45) is 1.92. The van der Waals surface area contributed by atoms with Gasteiger partial charge in [-0.2, -0.15) is 0 Å². The number of hydrogen-bond acceptors (Lipinski definition) is 4. The van der Waals surface area contributed by atoms with Gasteiger partial charge in [-0.1, -0.05) is 13.0 Å². The van der Waals surface area contributed by atoms with Crippen molar-refractivity contribution in [2.75, 3.05) is 14.2 Å². The second kappa shape index (κ2) is 6.05. The van der Waals surface area contributed by atoms with Gasteiger partial charge in [0.2, 0.25) is 5.79 Å². The lowest BCUT2D eigenvalue weighted by molar-refractivity contribution is -0.197. The van der Waals surface area contributed by atoms with Crippen LogP contribution in [0.1, 0.15) is 32.3 Å². The zero-order chi connectivity index (χ0) is 13.9. The molecule has 0 aliphatic carbocycles. The monoisotopic (exact) mass is 282 g/mol. The molecule has 4 nitrogen and oxygen atoms in total. The molecule has 1 aromatic carbocycles. The molecule has 0 aromatic heterocycles. The van der Waals surface area contributed by atoms with Crippen LogP contribution in [0.4, 0.5) is 0 Å². The molecule has 1 heterocycles. The van der Waals surface area contributed by atoms with E-state index < -0.39 is 15.1 Å². The molecular weight excluding hydrogens is 260 g/mol. The topological polar surface area (TPSA) is 36.9 Å². The zero-order valence-electron chi connectivity index (χ0n) is 12.1. The van der Waals surface area contributed by atoms with E-state index in [1.54, 1.807) is 14.2 Å². The Morgan fingerprint density at radius 2 is 2.05 bits per heavy atom. The van der Waals surface area contributed by atoms with Crippen LogP contribution >= 0.6 is 0 Å². The van der Waals surface area contributed by atoms with E-state index in [0.29, 0.717) is 6.61 Å². The van der Waals surface area contributed by atoms with Crippen molar-refractivity contribution in [3.8, 4) is 5.75 Å². The lowest BCUT2D eigenvalue weighted by Gasteiger charge is -2.35. The molecule has 19 heavy (non-hydrogen) atoms. The van der Waals surface area contributed by atoms with E-state index in [0.717, 1.165) is 29.3 Å². The maximum atomic E-state index is 5.97. The molecule has 1 aliphatic heterocycles. The molecule has 0 amide bonds. The fourth-order valence-electron chi connectivity index (χ4n) is 2.40. The summed E-state index contributed by atoms with van der Waals surface area (Å²) in [6.45, 7) is 4.70. The minimum absolute atomic E-state index is 0.497. The van der Waals surface area contributed by atoms with Crippen molar-refractivity contribution in [3.05, 3.63) is 23.8 Å². The Labute approximate surface area is 116 Å². The lowest BCUT2D eigenvalue weighted by atomic mass is 10.1. The Kier molecular flexibility index (Phi) is 4.62. The van der Waals surface area contributed by atoms with E-state index >= 15 is 0 Å². The molecule has 1 aromatic rings. The summed E-state index contributed by atoms with van der Waals surface area (Å²) in [7, 11) is 1.61. The van der Waals surface area contributed by atoms with Gasteiger partial charge in [-0.15, -0.1) is 0 Å². The highest BCUT2D eigenvalue weighted by Crippen LogP contribution is 2.33. The van der Waals surface area contributed by atoms with Crippen LogP contribution in [0.3, 0.4) is 0 Å². The van der Waals surface area contributed by atoms with Crippen LogP contribution < -0.4 is 9.92 Å². The second-order valence-corrected chi connectivity index (χ2v) is 7.22. The lowest BCUT2D eigenvalue weighted by Crippen LogP contribution is -2.40. The average molecular weight is 282 g/mol. The second-order valence-electron chi connectivity index (χ2n) is 4.95. The summed E-state index contributed by atoms with van der Waals surface area (Å²) in [5, 5.41) is 1.11. The molecule has 2 rings (SSSR count). The molecule has 0 fully saturated rings. The van der Waals surface area contributed by atoms with E-state index in [-0.39, 0.29) is 0 Å². The minimum atomic E-state index is -1.76. The first-order valence-electron chi connectivity index (χ1n) is 6.63. The van der Waals surface area contributed by atoms with Crippen LogP contribution in [0.5, 0.6) is 5.75 Å². The largest absolute Gasteiger partial charge is 0.462 e. The van der Waals surface area contributed by atoms with E-state index in [4.69, 9.17) is 18.3 Å². The predicted octanol–water partition coefficient (Wildman–Crippen LogP) is 1.83. The first kappa shape index (κ1) is 14.5. The van der Waals surface area contributed by atoms with Gasteiger partial charge in [-0.05, 0) is 23.7 Å². The summed E-state index contributed by atoms with van der Waals surface area (Å²) in [6, 6.07) is 6.10. The fraction of sp³-hybridized carbons (Fsp3) is 0.571. The highest BCUT2D eigenvalue weighted by atomic mass is 28.3. The van der Waals surface area contributed by atoms with E-state index in [9.17, 15) is 0 Å². The Hall–Kier alpha value is -0.883. The van der Waals surface area contributed by atoms with E-state index in [1.807, 2.05) is 19.1 Å². The van der Waals surface area contributed by atoms with Crippen LogP contribution in [0.2, 0.25) is 0 Å². The molecule has 1 aliphatic rings. The first-order chi connectivity index (χ1) is 9.11.